The Morgan fingerprint density at radius 3 is 1.45 bits per heavy atom. The number of fused-ring (bicyclic) bond motifs is 6. The molecular weight excluding hydrogens is 1190 g/mol. The maximum Gasteiger partial charge on any atom is 0.242 e. The second-order valence-corrected chi connectivity index (χ2v) is 34.4. The zero-order chi connectivity index (χ0) is 67.9. The second-order valence-electron chi connectivity index (χ2n) is 34.4. The third-order valence-corrected chi connectivity index (χ3v) is 23.9. The number of hydrogen-bond donors (Lipinski definition) is 3. The molecule has 95 heavy (non-hydrogen) atoms. The maximum absolute atomic E-state index is 14.4. The van der Waals surface area contributed by atoms with Crippen LogP contribution in [0.4, 0.5) is 4.39 Å². The first-order valence-corrected chi connectivity index (χ1v) is 37.3. The average molecular weight is 1320 g/mol. The lowest BCUT2D eigenvalue weighted by Crippen LogP contribution is -2.49. The molecule has 3 spiro atoms. The summed E-state index contributed by atoms with van der Waals surface area (Å²) in [5, 5.41) is 9.89. The Hall–Kier alpha value is -5.22. The minimum Gasteiger partial charge on any atom is -0.381 e. The van der Waals surface area contributed by atoms with Crippen LogP contribution >= 0.6 is 0 Å². The molecule has 530 valence electrons. The van der Waals surface area contributed by atoms with Gasteiger partial charge in [0.1, 0.15) is 11.9 Å². The fourth-order valence-electron chi connectivity index (χ4n) is 17.4. The summed E-state index contributed by atoms with van der Waals surface area (Å²) in [4.78, 5) is 73.9. The summed E-state index contributed by atoms with van der Waals surface area (Å²) >= 11 is 0. The quantitative estimate of drug-likeness (QED) is 0.144. The largest absolute Gasteiger partial charge is 0.381 e. The smallest absolute Gasteiger partial charge is 0.242 e. The highest BCUT2D eigenvalue weighted by Crippen LogP contribution is 2.51. The summed E-state index contributed by atoms with van der Waals surface area (Å²) in [6, 6.07) is 22.5. The molecule has 1 unspecified atom stereocenters. The number of rotatable bonds is 14. The molecule has 3 aromatic carbocycles. The van der Waals surface area contributed by atoms with E-state index in [0.29, 0.717) is 54.5 Å². The van der Waals surface area contributed by atoms with E-state index < -0.39 is 0 Å². The summed E-state index contributed by atoms with van der Waals surface area (Å²) in [6.07, 6.45) is 21.1. The minimum absolute atomic E-state index is 0. The number of likely N-dealkylation sites (tertiary alicyclic amines) is 5. The van der Waals surface area contributed by atoms with Gasteiger partial charge in [-0.3, -0.25) is 24.0 Å². The molecule has 0 aromatic heterocycles. The summed E-state index contributed by atoms with van der Waals surface area (Å²) in [5.41, 5.74) is 9.43. The highest BCUT2D eigenvalue weighted by Gasteiger charge is 2.47. The van der Waals surface area contributed by atoms with Crippen molar-refractivity contribution in [2.75, 3.05) is 92.3 Å². The van der Waals surface area contributed by atoms with Crippen molar-refractivity contribution in [2.24, 2.45) is 28.1 Å². The van der Waals surface area contributed by atoms with Gasteiger partial charge in [-0.2, -0.15) is 0 Å². The minimum atomic E-state index is -0.390. The van der Waals surface area contributed by atoms with Crippen LogP contribution in [-0.2, 0) is 45.0 Å². The van der Waals surface area contributed by atoms with Crippen molar-refractivity contribution in [3.8, 4) is 0 Å². The zero-order valence-electron chi connectivity index (χ0n) is 60.4. The number of benzene rings is 3. The summed E-state index contributed by atoms with van der Waals surface area (Å²) in [6.45, 7) is 35.8. The van der Waals surface area contributed by atoms with Gasteiger partial charge in [-0.1, -0.05) is 117 Å². The van der Waals surface area contributed by atoms with Gasteiger partial charge in [-0.05, 0) is 265 Å². The van der Waals surface area contributed by atoms with Crippen LogP contribution in [0.3, 0.4) is 0 Å². The molecule has 0 saturated carbocycles. The normalized spacial score (nSPS) is 25.0. The predicted octanol–water partition coefficient (Wildman–Crippen LogP) is 14.4. The van der Waals surface area contributed by atoms with E-state index in [0.717, 1.165) is 141 Å². The molecule has 9 aliphatic rings. The van der Waals surface area contributed by atoms with E-state index in [4.69, 9.17) is 4.74 Å². The van der Waals surface area contributed by atoms with Gasteiger partial charge in [0.2, 0.25) is 29.5 Å². The number of ether oxygens (including phenoxy) is 1. The van der Waals surface area contributed by atoms with Crippen LogP contribution in [0.2, 0.25) is 0 Å². The second kappa shape index (κ2) is 30.9. The highest BCUT2D eigenvalue weighted by molar-refractivity contribution is 5.90. The Balaban J connectivity index is 0.000000204. The summed E-state index contributed by atoms with van der Waals surface area (Å²) in [5.74, 6) is 0.363. The predicted molar refractivity (Wildman–Crippen MR) is 385 cm³/mol. The van der Waals surface area contributed by atoms with Gasteiger partial charge in [0.25, 0.3) is 0 Å². The van der Waals surface area contributed by atoms with E-state index in [2.05, 4.69) is 141 Å². The van der Waals surface area contributed by atoms with Gasteiger partial charge >= 0.3 is 0 Å². The standard InChI is InChI=1S/C27H41FN2O2.C27H41N3O2.C26H39N3O2.3H2/c1-26(2,3)10-13-30-14-11-27(12-15-30)9-6-24(22-5-4-21(28)19-23(22)27)29-25(31)18-20-7-16-32-17-8-20;1-20(30-16-7-10-24(30)31)25(32)28-23-11-12-27(22-9-6-5-8-21(22)23)14-18-29(19-15-27)17-13-26(2,3)4;1-25(2,3)11-14-29-15-12-26(13-16-29)10-9-22(20-7-5-6-8-21(20)26)27-24(31)19-17-23(30)28(4)18-19;;;/h4-5,19-20,24H,6-18H2,1-3H3,(H,29,31);5-6,8-9,20,23H,7,10-19H2,1-4H3,(H,28,32);5-8,19,22H,9-18H2,1-4H3,(H,27,31);3*1H/t24-;20-,23+;19?,22-;;;/m000.../s1. The monoisotopic (exact) mass is 1310 g/mol. The zero-order valence-corrected chi connectivity index (χ0v) is 60.4. The van der Waals surface area contributed by atoms with E-state index in [1.165, 1.54) is 80.3 Å². The fraction of sp³-hybridized carbons (Fsp3) is 0.713. The molecule has 6 aliphatic heterocycles. The van der Waals surface area contributed by atoms with Crippen molar-refractivity contribution >= 4 is 29.5 Å². The molecule has 3 aliphatic carbocycles. The molecular formula is C80H127FN8O6. The van der Waals surface area contributed by atoms with Crippen molar-refractivity contribution in [1.29, 1.82) is 0 Å². The van der Waals surface area contributed by atoms with Crippen LogP contribution in [-0.4, -0.2) is 152 Å². The third kappa shape index (κ3) is 18.6. The lowest BCUT2D eigenvalue weighted by atomic mass is 9.63. The van der Waals surface area contributed by atoms with Crippen molar-refractivity contribution in [2.45, 2.75) is 244 Å². The van der Waals surface area contributed by atoms with Crippen molar-refractivity contribution in [3.05, 3.63) is 106 Å². The van der Waals surface area contributed by atoms with Crippen molar-refractivity contribution in [1.82, 2.24) is 40.4 Å². The molecule has 0 bridgehead atoms. The van der Waals surface area contributed by atoms with Gasteiger partial charge in [-0.25, -0.2) is 4.39 Å². The first kappa shape index (κ1) is 72.5. The van der Waals surface area contributed by atoms with E-state index >= 15 is 0 Å². The van der Waals surface area contributed by atoms with Crippen LogP contribution < -0.4 is 16.0 Å². The van der Waals surface area contributed by atoms with Crippen molar-refractivity contribution in [3.63, 3.8) is 0 Å². The number of nitrogens with one attached hydrogen (secondary N) is 3. The van der Waals surface area contributed by atoms with E-state index in [1.54, 1.807) is 29.0 Å². The first-order valence-electron chi connectivity index (χ1n) is 37.3. The molecule has 12 rings (SSSR count). The van der Waals surface area contributed by atoms with Gasteiger partial charge in [0.15, 0.2) is 0 Å². The molecule has 14 nitrogen and oxygen atoms in total. The number of nitrogens with zero attached hydrogens (tertiary/aromatic N) is 5. The topological polar surface area (TPSA) is 147 Å². The van der Waals surface area contributed by atoms with Crippen LogP contribution in [0.1, 0.15) is 260 Å². The summed E-state index contributed by atoms with van der Waals surface area (Å²) in [7, 11) is 1.78. The number of amides is 5. The number of halogens is 1. The van der Waals surface area contributed by atoms with E-state index in [1.807, 2.05) is 13.0 Å². The molecule has 6 fully saturated rings. The van der Waals surface area contributed by atoms with Gasteiger partial charge in [0.05, 0.1) is 24.0 Å². The number of piperidine rings is 3. The molecule has 3 N–H and O–H groups in total. The molecule has 6 saturated heterocycles. The van der Waals surface area contributed by atoms with Gasteiger partial charge in [-0.15, -0.1) is 0 Å². The third-order valence-electron chi connectivity index (χ3n) is 23.9. The van der Waals surface area contributed by atoms with E-state index in [9.17, 15) is 28.4 Å². The SMILES string of the molecule is CC(C)(C)CCN1CCC2(CC[C@H](NC(=O)CC3CCOCC3)c3ccc(F)cc32)CC1.CN1CC(C(=O)N[C@H]2CCC3(CCN(CCC(C)(C)C)CC3)c3ccccc32)CC1=O.C[C@@H](C(=O)N[C@@H]1CCC2(CCN(CCC(C)(C)C)CC2)c2ccccc21)N1CCCC1=O.[HH].[HH].[HH]. The Kier molecular flexibility index (Phi) is 23.6. The molecule has 5 amide bonds. The molecule has 6 heterocycles. The van der Waals surface area contributed by atoms with Gasteiger partial charge in [0, 0.05) is 56.9 Å². The van der Waals surface area contributed by atoms with E-state index in [-0.39, 0.29) is 86.0 Å². The van der Waals surface area contributed by atoms with Crippen LogP contribution in [0, 0.1) is 33.9 Å². The average Bonchev–Trinajstić information content (AvgIpc) is 0.865. The Morgan fingerprint density at radius 1 is 0.568 bits per heavy atom. The highest BCUT2D eigenvalue weighted by atomic mass is 19.1. The molecule has 0 radical (unpaired) electrons. The molecule has 5 atom stereocenters. The Bertz CT molecular complexity index is 3120. The van der Waals surface area contributed by atoms with Crippen LogP contribution in [0.5, 0.6) is 0 Å². The lowest BCUT2D eigenvalue weighted by molar-refractivity contribution is -0.137. The first-order chi connectivity index (χ1) is 45.1. The Morgan fingerprint density at radius 2 is 1.01 bits per heavy atom. The number of carbonyl (C=O) groups excluding carboxylic acids is 5. The van der Waals surface area contributed by atoms with Crippen LogP contribution in [0.15, 0.2) is 66.7 Å². The number of hydrogen-bond acceptors (Lipinski definition) is 9. The Labute approximate surface area is 575 Å². The molecule has 3 aromatic rings. The van der Waals surface area contributed by atoms with Crippen LogP contribution in [0.25, 0.3) is 0 Å². The van der Waals surface area contributed by atoms with Crippen molar-refractivity contribution < 1.29 is 37.4 Å². The fourth-order valence-corrected chi connectivity index (χ4v) is 17.4. The summed E-state index contributed by atoms with van der Waals surface area (Å²) < 4.78 is 19.8. The molecule has 15 heteroatoms. The lowest BCUT2D eigenvalue weighted by Gasteiger charge is -2.47. The maximum atomic E-state index is 14.4. The number of carbonyl (C=O) groups is 5. The van der Waals surface area contributed by atoms with Gasteiger partial charge < -0.3 is 45.2 Å².